The number of carbonyl (C=O) groups excluding carboxylic acids is 1. The lowest BCUT2D eigenvalue weighted by atomic mass is 9.80. The number of hydrogen-bond acceptors (Lipinski definition) is 2. The van der Waals surface area contributed by atoms with E-state index in [4.69, 9.17) is 0 Å². The second-order valence-corrected chi connectivity index (χ2v) is 4.00. The van der Waals surface area contributed by atoms with Crippen molar-refractivity contribution in [1.29, 1.82) is 0 Å². The molecule has 0 aromatic heterocycles. The first-order chi connectivity index (χ1) is 7.33. The first-order valence-corrected chi connectivity index (χ1v) is 5.12. The predicted molar refractivity (Wildman–Crippen MR) is 58.8 cm³/mol. The highest BCUT2D eigenvalue weighted by atomic mass is 16.2. The van der Waals surface area contributed by atoms with E-state index < -0.39 is 5.41 Å². The van der Waals surface area contributed by atoms with Crippen molar-refractivity contribution < 1.29 is 4.79 Å². The van der Waals surface area contributed by atoms with Crippen LogP contribution in [0.1, 0.15) is 5.56 Å². The highest BCUT2D eigenvalue weighted by Gasteiger charge is 2.44. The molecule has 3 nitrogen and oxygen atoms in total. The number of hydrogen-bond donors (Lipinski definition) is 2. The van der Waals surface area contributed by atoms with E-state index in [9.17, 15) is 4.79 Å². The Bertz CT molecular complexity index is 453. The molecular formula is C12H12N2O. The fraction of sp³-hybridized carbons (Fsp3) is 0.250. The van der Waals surface area contributed by atoms with Crippen molar-refractivity contribution in [3.8, 4) is 0 Å². The monoisotopic (exact) mass is 200 g/mol. The minimum Gasteiger partial charge on any atom is -0.325 e. The van der Waals surface area contributed by atoms with Gasteiger partial charge in [-0.05, 0) is 11.6 Å². The molecule has 0 aliphatic carbocycles. The standard InChI is InChI=1S/C12H12N2O/c15-11-12(6-3-7-13-8-12)9-4-1-2-5-10(9)14-11/h1-6,13H,7-8H2,(H,14,15)/t12-/m0/s1. The van der Waals surface area contributed by atoms with Crippen molar-refractivity contribution in [2.24, 2.45) is 0 Å². The number of nitrogens with one attached hydrogen (secondary N) is 2. The van der Waals surface area contributed by atoms with Gasteiger partial charge in [-0.1, -0.05) is 30.4 Å². The summed E-state index contributed by atoms with van der Waals surface area (Å²) in [6.07, 6.45) is 4.04. The van der Waals surface area contributed by atoms with Gasteiger partial charge in [0.05, 0.1) is 0 Å². The average Bonchev–Trinajstić information content (AvgIpc) is 2.55. The van der Waals surface area contributed by atoms with Crippen molar-refractivity contribution in [2.75, 3.05) is 18.4 Å². The topological polar surface area (TPSA) is 41.1 Å². The fourth-order valence-electron chi connectivity index (χ4n) is 2.35. The third-order valence-corrected chi connectivity index (χ3v) is 3.13. The van der Waals surface area contributed by atoms with E-state index >= 15 is 0 Å². The summed E-state index contributed by atoms with van der Waals surface area (Å²) in [6.45, 7) is 1.53. The van der Waals surface area contributed by atoms with Crippen LogP contribution in [0.4, 0.5) is 5.69 Å². The number of para-hydroxylation sites is 1. The highest BCUT2D eigenvalue weighted by Crippen LogP contribution is 2.39. The largest absolute Gasteiger partial charge is 0.325 e. The van der Waals surface area contributed by atoms with Crippen LogP contribution in [0.25, 0.3) is 0 Å². The first-order valence-electron chi connectivity index (χ1n) is 5.12. The van der Waals surface area contributed by atoms with E-state index in [1.807, 2.05) is 36.4 Å². The lowest BCUT2D eigenvalue weighted by Gasteiger charge is -2.27. The van der Waals surface area contributed by atoms with Crippen LogP contribution in [0.15, 0.2) is 36.4 Å². The maximum absolute atomic E-state index is 12.0. The van der Waals surface area contributed by atoms with Gasteiger partial charge in [0.2, 0.25) is 5.91 Å². The molecule has 3 rings (SSSR count). The molecule has 2 N–H and O–H groups in total. The summed E-state index contributed by atoms with van der Waals surface area (Å²) in [5.41, 5.74) is 1.55. The number of amides is 1. The molecule has 2 aliphatic heterocycles. The van der Waals surface area contributed by atoms with E-state index in [1.165, 1.54) is 0 Å². The number of rotatable bonds is 0. The zero-order valence-corrected chi connectivity index (χ0v) is 8.29. The van der Waals surface area contributed by atoms with Gasteiger partial charge >= 0.3 is 0 Å². The summed E-state index contributed by atoms with van der Waals surface area (Å²) in [4.78, 5) is 12.0. The van der Waals surface area contributed by atoms with Gasteiger partial charge in [-0.3, -0.25) is 4.79 Å². The van der Waals surface area contributed by atoms with Crippen LogP contribution in [0.2, 0.25) is 0 Å². The highest BCUT2D eigenvalue weighted by molar-refractivity contribution is 6.08. The van der Waals surface area contributed by atoms with Gasteiger partial charge < -0.3 is 10.6 Å². The number of fused-ring (bicyclic) bond motifs is 2. The molecule has 0 bridgehead atoms. The molecule has 0 radical (unpaired) electrons. The van der Waals surface area contributed by atoms with Crippen molar-refractivity contribution in [2.45, 2.75) is 5.41 Å². The second-order valence-electron chi connectivity index (χ2n) is 4.00. The first kappa shape index (κ1) is 8.68. The Morgan fingerprint density at radius 2 is 2.13 bits per heavy atom. The summed E-state index contributed by atoms with van der Waals surface area (Å²) in [5.74, 6) is 0.0761. The maximum Gasteiger partial charge on any atom is 0.240 e. The van der Waals surface area contributed by atoms with Gasteiger partial charge in [0.15, 0.2) is 0 Å². The molecule has 1 spiro atoms. The van der Waals surface area contributed by atoms with Crippen molar-refractivity contribution in [1.82, 2.24) is 5.32 Å². The van der Waals surface area contributed by atoms with Crippen LogP contribution in [-0.2, 0) is 10.2 Å². The van der Waals surface area contributed by atoms with Gasteiger partial charge in [0.1, 0.15) is 5.41 Å². The van der Waals surface area contributed by atoms with Gasteiger partial charge in [-0.25, -0.2) is 0 Å². The summed E-state index contributed by atoms with van der Waals surface area (Å²) >= 11 is 0. The number of anilines is 1. The predicted octanol–water partition coefficient (Wildman–Crippen LogP) is 1.04. The van der Waals surface area contributed by atoms with Crippen LogP contribution in [0, 0.1) is 0 Å². The van der Waals surface area contributed by atoms with Crippen molar-refractivity contribution in [3.05, 3.63) is 42.0 Å². The van der Waals surface area contributed by atoms with Crippen LogP contribution in [0.3, 0.4) is 0 Å². The summed E-state index contributed by atoms with van der Waals surface area (Å²) < 4.78 is 0. The normalized spacial score (nSPS) is 27.9. The van der Waals surface area contributed by atoms with E-state index in [0.29, 0.717) is 6.54 Å². The lowest BCUT2D eigenvalue weighted by molar-refractivity contribution is -0.119. The third kappa shape index (κ3) is 1.07. The van der Waals surface area contributed by atoms with Crippen LogP contribution in [-0.4, -0.2) is 19.0 Å². The molecule has 2 heterocycles. The van der Waals surface area contributed by atoms with E-state index in [2.05, 4.69) is 10.6 Å². The fourth-order valence-corrected chi connectivity index (χ4v) is 2.35. The smallest absolute Gasteiger partial charge is 0.240 e. The molecule has 1 aromatic carbocycles. The number of carbonyl (C=O) groups is 1. The third-order valence-electron chi connectivity index (χ3n) is 3.13. The SMILES string of the molecule is O=C1Nc2ccccc2[C@@]12C=CCNC2. The Morgan fingerprint density at radius 3 is 2.93 bits per heavy atom. The molecule has 2 aliphatic rings. The summed E-state index contributed by atoms with van der Waals surface area (Å²) in [6, 6.07) is 7.89. The molecule has 0 fully saturated rings. The molecule has 3 heteroatoms. The van der Waals surface area contributed by atoms with Gasteiger partial charge in [0.25, 0.3) is 0 Å². The minimum absolute atomic E-state index is 0.0761. The average molecular weight is 200 g/mol. The Morgan fingerprint density at radius 1 is 1.27 bits per heavy atom. The van der Waals surface area contributed by atoms with Gasteiger partial charge in [0, 0.05) is 18.8 Å². The van der Waals surface area contributed by atoms with Crippen molar-refractivity contribution in [3.63, 3.8) is 0 Å². The quantitative estimate of drug-likeness (QED) is 0.614. The molecular weight excluding hydrogens is 188 g/mol. The Kier molecular flexibility index (Phi) is 1.70. The van der Waals surface area contributed by atoms with Gasteiger partial charge in [-0.2, -0.15) is 0 Å². The lowest BCUT2D eigenvalue weighted by Crippen LogP contribution is -2.44. The van der Waals surface area contributed by atoms with Crippen LogP contribution in [0.5, 0.6) is 0 Å². The molecule has 0 unspecified atom stereocenters. The Hall–Kier alpha value is -1.61. The van der Waals surface area contributed by atoms with Gasteiger partial charge in [-0.15, -0.1) is 0 Å². The zero-order chi connectivity index (χ0) is 10.3. The molecule has 1 amide bonds. The Balaban J connectivity index is 2.20. The summed E-state index contributed by atoms with van der Waals surface area (Å²) in [5, 5.41) is 6.17. The molecule has 0 saturated carbocycles. The van der Waals surface area contributed by atoms with Crippen LogP contribution < -0.4 is 10.6 Å². The minimum atomic E-state index is -0.477. The van der Waals surface area contributed by atoms with Crippen molar-refractivity contribution >= 4 is 11.6 Å². The molecule has 76 valence electrons. The van der Waals surface area contributed by atoms with Crippen LogP contribution >= 0.6 is 0 Å². The second kappa shape index (κ2) is 2.94. The number of benzene rings is 1. The molecule has 1 atom stereocenters. The van der Waals surface area contributed by atoms with E-state index in [1.54, 1.807) is 0 Å². The summed E-state index contributed by atoms with van der Waals surface area (Å²) in [7, 11) is 0. The molecule has 0 saturated heterocycles. The molecule has 15 heavy (non-hydrogen) atoms. The van der Waals surface area contributed by atoms with E-state index in [0.717, 1.165) is 17.8 Å². The van der Waals surface area contributed by atoms with E-state index in [-0.39, 0.29) is 5.91 Å². The Labute approximate surface area is 88.2 Å². The maximum atomic E-state index is 12.0. The zero-order valence-electron chi connectivity index (χ0n) is 8.29. The molecule has 1 aromatic rings.